The molecule has 0 aliphatic heterocycles. The summed E-state index contributed by atoms with van der Waals surface area (Å²) in [6.45, 7) is 2.14. The van der Waals surface area contributed by atoms with Crippen LogP contribution in [0.15, 0.2) is 0 Å². The van der Waals surface area contributed by atoms with E-state index in [1.165, 1.54) is 0 Å². The smallest absolute Gasteiger partial charge is 0.323 e. The number of carboxylic acids is 1. The second-order valence-electron chi connectivity index (χ2n) is 4.63. The topological polar surface area (TPSA) is 49.3 Å². The molecule has 0 radical (unpaired) electrons. The molecule has 0 spiro atoms. The minimum Gasteiger partial charge on any atom is -0.480 e. The summed E-state index contributed by atoms with van der Waals surface area (Å²) in [6, 6.07) is 0.478. The lowest BCUT2D eigenvalue weighted by atomic mass is 9.98. The predicted octanol–water partition coefficient (Wildman–Crippen LogP) is 1.87. The molecular formula is C11H19NO2S. The third kappa shape index (κ3) is 2.48. The predicted molar refractivity (Wildman–Crippen MR) is 62.3 cm³/mol. The summed E-state index contributed by atoms with van der Waals surface area (Å²) in [6.07, 6.45) is 4.96. The van der Waals surface area contributed by atoms with Gasteiger partial charge in [0.25, 0.3) is 0 Å². The van der Waals surface area contributed by atoms with Crippen LogP contribution in [0, 0.1) is 0 Å². The van der Waals surface area contributed by atoms with Gasteiger partial charge in [-0.15, -0.1) is 0 Å². The monoisotopic (exact) mass is 229 g/mol. The van der Waals surface area contributed by atoms with Gasteiger partial charge in [-0.2, -0.15) is 11.8 Å². The summed E-state index contributed by atoms with van der Waals surface area (Å²) >= 11 is 1.90. The molecule has 0 aromatic rings. The van der Waals surface area contributed by atoms with Crippen molar-refractivity contribution in [2.75, 3.05) is 5.75 Å². The van der Waals surface area contributed by atoms with Crippen molar-refractivity contribution in [1.82, 2.24) is 5.32 Å². The van der Waals surface area contributed by atoms with E-state index in [0.29, 0.717) is 11.3 Å². The normalized spacial score (nSPS) is 35.7. The number of hydrogen-bond acceptors (Lipinski definition) is 3. The van der Waals surface area contributed by atoms with Gasteiger partial charge in [0.1, 0.15) is 5.54 Å². The van der Waals surface area contributed by atoms with Gasteiger partial charge in [0, 0.05) is 11.3 Å². The van der Waals surface area contributed by atoms with E-state index in [9.17, 15) is 9.90 Å². The fourth-order valence-electron chi connectivity index (χ4n) is 2.38. The van der Waals surface area contributed by atoms with Crippen LogP contribution in [-0.4, -0.2) is 33.7 Å². The van der Waals surface area contributed by atoms with E-state index in [1.807, 2.05) is 11.8 Å². The largest absolute Gasteiger partial charge is 0.480 e. The zero-order valence-electron chi connectivity index (χ0n) is 9.16. The molecule has 0 aromatic carbocycles. The molecule has 2 fully saturated rings. The molecule has 2 aliphatic rings. The Balaban J connectivity index is 1.97. The first-order chi connectivity index (χ1) is 7.16. The highest BCUT2D eigenvalue weighted by atomic mass is 32.2. The van der Waals surface area contributed by atoms with Gasteiger partial charge < -0.3 is 5.11 Å². The average Bonchev–Trinajstić information content (AvgIpc) is 2.88. The van der Waals surface area contributed by atoms with E-state index in [2.05, 4.69) is 12.2 Å². The van der Waals surface area contributed by atoms with Crippen molar-refractivity contribution in [3.63, 3.8) is 0 Å². The molecule has 0 heterocycles. The fraction of sp³-hybridized carbons (Fsp3) is 0.909. The lowest BCUT2D eigenvalue weighted by Crippen LogP contribution is -2.51. The van der Waals surface area contributed by atoms with Crippen molar-refractivity contribution >= 4 is 17.7 Å². The molecule has 0 saturated heterocycles. The first-order valence-electron chi connectivity index (χ1n) is 5.79. The first kappa shape index (κ1) is 11.3. The zero-order chi connectivity index (χ0) is 10.9. The van der Waals surface area contributed by atoms with Crippen molar-refractivity contribution in [2.24, 2.45) is 0 Å². The zero-order valence-corrected chi connectivity index (χ0v) is 9.98. The highest BCUT2D eigenvalue weighted by Crippen LogP contribution is 2.39. The SMILES string of the molecule is CCSC1CCC(NC2CC2)(C(=O)O)C1. The fourth-order valence-corrected chi connectivity index (χ4v) is 3.54. The Hall–Kier alpha value is -0.220. The number of thioether (sulfide) groups is 1. The summed E-state index contributed by atoms with van der Waals surface area (Å²) in [5.74, 6) is 0.442. The maximum Gasteiger partial charge on any atom is 0.323 e. The van der Waals surface area contributed by atoms with Crippen LogP contribution in [0.4, 0.5) is 0 Å². The van der Waals surface area contributed by atoms with Gasteiger partial charge >= 0.3 is 5.97 Å². The molecule has 4 heteroatoms. The Kier molecular flexibility index (Phi) is 3.26. The Bertz CT molecular complexity index is 255. The van der Waals surface area contributed by atoms with Crippen molar-refractivity contribution in [1.29, 1.82) is 0 Å². The third-order valence-electron chi connectivity index (χ3n) is 3.34. The number of rotatable bonds is 5. The van der Waals surface area contributed by atoms with E-state index >= 15 is 0 Å². The summed E-state index contributed by atoms with van der Waals surface area (Å²) in [5, 5.41) is 13.2. The number of carbonyl (C=O) groups is 1. The number of aliphatic carboxylic acids is 1. The molecule has 0 amide bonds. The number of hydrogen-bond donors (Lipinski definition) is 2. The first-order valence-corrected chi connectivity index (χ1v) is 6.84. The van der Waals surface area contributed by atoms with E-state index in [1.54, 1.807) is 0 Å². The van der Waals surface area contributed by atoms with E-state index in [0.717, 1.165) is 37.9 Å². The lowest BCUT2D eigenvalue weighted by Gasteiger charge is -2.26. The molecule has 2 unspecified atom stereocenters. The van der Waals surface area contributed by atoms with E-state index in [4.69, 9.17) is 0 Å². The van der Waals surface area contributed by atoms with E-state index < -0.39 is 11.5 Å². The van der Waals surface area contributed by atoms with Gasteiger partial charge in [0.15, 0.2) is 0 Å². The summed E-state index contributed by atoms with van der Waals surface area (Å²) in [5.41, 5.74) is -0.603. The highest BCUT2D eigenvalue weighted by molar-refractivity contribution is 7.99. The van der Waals surface area contributed by atoms with Crippen LogP contribution in [0.2, 0.25) is 0 Å². The Labute approximate surface area is 95.0 Å². The van der Waals surface area contributed by atoms with Crippen molar-refractivity contribution in [2.45, 2.75) is 55.9 Å². The van der Waals surface area contributed by atoms with Gasteiger partial charge in [-0.1, -0.05) is 6.92 Å². The Morgan fingerprint density at radius 1 is 1.53 bits per heavy atom. The molecule has 0 bridgehead atoms. The molecule has 2 aliphatic carbocycles. The van der Waals surface area contributed by atoms with Gasteiger partial charge in [0.05, 0.1) is 0 Å². The molecular weight excluding hydrogens is 210 g/mol. The van der Waals surface area contributed by atoms with E-state index in [-0.39, 0.29) is 0 Å². The van der Waals surface area contributed by atoms with Crippen molar-refractivity contribution in [3.05, 3.63) is 0 Å². The third-order valence-corrected chi connectivity index (χ3v) is 4.55. The van der Waals surface area contributed by atoms with Crippen LogP contribution in [0.5, 0.6) is 0 Å². The molecule has 3 nitrogen and oxygen atoms in total. The Morgan fingerprint density at radius 3 is 2.80 bits per heavy atom. The van der Waals surface area contributed by atoms with Crippen LogP contribution in [0.25, 0.3) is 0 Å². The quantitative estimate of drug-likeness (QED) is 0.755. The van der Waals surface area contributed by atoms with Crippen LogP contribution >= 0.6 is 11.8 Å². The second-order valence-corrected chi connectivity index (χ2v) is 6.20. The van der Waals surface area contributed by atoms with Crippen molar-refractivity contribution < 1.29 is 9.90 Å². The number of carboxylic acid groups (broad SMARTS) is 1. The maximum atomic E-state index is 11.4. The van der Waals surface area contributed by atoms with Gasteiger partial charge in [-0.05, 0) is 37.9 Å². The van der Waals surface area contributed by atoms with Crippen LogP contribution in [-0.2, 0) is 4.79 Å². The molecule has 2 saturated carbocycles. The van der Waals surface area contributed by atoms with Gasteiger partial charge in [0.2, 0.25) is 0 Å². The van der Waals surface area contributed by atoms with Gasteiger partial charge in [-0.25, -0.2) is 0 Å². The standard InChI is InChI=1S/C11H19NO2S/c1-2-15-9-5-6-11(7-9,10(13)14)12-8-3-4-8/h8-9,12H,2-7H2,1H3,(H,13,14). The minimum absolute atomic E-state index is 0.478. The van der Waals surface area contributed by atoms with Crippen molar-refractivity contribution in [3.8, 4) is 0 Å². The molecule has 2 rings (SSSR count). The summed E-state index contributed by atoms with van der Waals surface area (Å²) < 4.78 is 0. The molecule has 2 atom stereocenters. The van der Waals surface area contributed by atoms with Crippen LogP contribution in [0.3, 0.4) is 0 Å². The van der Waals surface area contributed by atoms with Crippen LogP contribution in [0.1, 0.15) is 39.0 Å². The van der Waals surface area contributed by atoms with Crippen LogP contribution < -0.4 is 5.32 Å². The highest BCUT2D eigenvalue weighted by Gasteiger charge is 2.47. The minimum atomic E-state index is -0.645. The molecule has 2 N–H and O–H groups in total. The molecule has 86 valence electrons. The summed E-state index contributed by atoms with van der Waals surface area (Å²) in [4.78, 5) is 11.4. The molecule has 0 aromatic heterocycles. The molecule has 15 heavy (non-hydrogen) atoms. The average molecular weight is 229 g/mol. The maximum absolute atomic E-state index is 11.4. The number of nitrogens with one attached hydrogen (secondary N) is 1. The second kappa shape index (κ2) is 4.34. The Morgan fingerprint density at radius 2 is 2.27 bits per heavy atom. The summed E-state index contributed by atoms with van der Waals surface area (Å²) in [7, 11) is 0. The van der Waals surface area contributed by atoms with Gasteiger partial charge in [-0.3, -0.25) is 10.1 Å². The lowest BCUT2D eigenvalue weighted by molar-refractivity contribution is -0.144.